The van der Waals surface area contributed by atoms with E-state index in [0.717, 1.165) is 0 Å². The van der Waals surface area contributed by atoms with Crippen molar-refractivity contribution in [2.24, 2.45) is 11.3 Å². The molecule has 1 aromatic heterocycles. The predicted octanol–water partition coefficient (Wildman–Crippen LogP) is 1.86. The predicted molar refractivity (Wildman–Crippen MR) is 68.8 cm³/mol. The van der Waals surface area contributed by atoms with Crippen LogP contribution in [0.5, 0.6) is 0 Å². The van der Waals surface area contributed by atoms with E-state index in [1.807, 2.05) is 13.8 Å². The Labute approximate surface area is 120 Å². The van der Waals surface area contributed by atoms with Crippen LogP contribution in [0.2, 0.25) is 0 Å². The third-order valence-electron chi connectivity index (χ3n) is 4.08. The summed E-state index contributed by atoms with van der Waals surface area (Å²) in [5.41, 5.74) is -2.12. The van der Waals surface area contributed by atoms with E-state index in [0.29, 0.717) is 5.69 Å². The molecule has 1 saturated heterocycles. The van der Waals surface area contributed by atoms with Crippen LogP contribution in [0.15, 0.2) is 12.3 Å². The molecule has 1 aliphatic heterocycles. The fraction of sp³-hybridized carbons (Fsp3) is 0.692. The monoisotopic (exact) mass is 305 g/mol. The van der Waals surface area contributed by atoms with Gasteiger partial charge in [-0.2, -0.15) is 18.3 Å². The van der Waals surface area contributed by atoms with Crippen molar-refractivity contribution < 1.29 is 23.1 Å². The van der Waals surface area contributed by atoms with E-state index in [2.05, 4.69) is 10.4 Å². The SMILES string of the molecule is CC(C)n1nccc1C[C@@H]1CNC[C@@]1(C(=O)O)C(F)(F)F. The fourth-order valence-electron chi connectivity index (χ4n) is 2.93. The molecule has 8 heteroatoms. The second-order valence-corrected chi connectivity index (χ2v) is 5.67. The lowest BCUT2D eigenvalue weighted by Gasteiger charge is -2.32. The van der Waals surface area contributed by atoms with Crippen molar-refractivity contribution in [2.45, 2.75) is 32.5 Å². The summed E-state index contributed by atoms with van der Waals surface area (Å²) in [5.74, 6) is -2.87. The first-order chi connectivity index (χ1) is 9.70. The average molecular weight is 305 g/mol. The van der Waals surface area contributed by atoms with Gasteiger partial charge in [0.05, 0.1) is 0 Å². The number of hydrogen-bond acceptors (Lipinski definition) is 3. The van der Waals surface area contributed by atoms with Crippen molar-refractivity contribution in [2.75, 3.05) is 13.1 Å². The molecule has 1 aromatic rings. The Morgan fingerprint density at radius 3 is 2.81 bits per heavy atom. The lowest BCUT2D eigenvalue weighted by molar-refractivity contribution is -0.236. The van der Waals surface area contributed by atoms with Gasteiger partial charge in [0.1, 0.15) is 0 Å². The van der Waals surface area contributed by atoms with Gasteiger partial charge in [-0.05, 0) is 32.9 Å². The molecule has 118 valence electrons. The average Bonchev–Trinajstić information content (AvgIpc) is 2.95. The molecule has 0 saturated carbocycles. The molecule has 0 aromatic carbocycles. The highest BCUT2D eigenvalue weighted by Crippen LogP contribution is 2.47. The van der Waals surface area contributed by atoms with Crippen molar-refractivity contribution in [1.29, 1.82) is 0 Å². The minimum absolute atomic E-state index is 0.00878. The first kappa shape index (κ1) is 15.8. The largest absolute Gasteiger partial charge is 0.481 e. The van der Waals surface area contributed by atoms with Gasteiger partial charge in [-0.15, -0.1) is 0 Å². The standard InChI is InChI=1S/C13H18F3N3O2/c1-8(2)19-10(3-4-18-19)5-9-6-17-7-12(9,11(20)21)13(14,15)16/h3-4,8-9,17H,5-7H2,1-2H3,(H,20,21)/t9-,12-/m1/s1. The van der Waals surface area contributed by atoms with E-state index in [-0.39, 0.29) is 19.0 Å². The Balaban J connectivity index is 2.34. The first-order valence-electron chi connectivity index (χ1n) is 6.73. The minimum Gasteiger partial charge on any atom is -0.481 e. The molecule has 0 aliphatic carbocycles. The molecule has 0 bridgehead atoms. The Morgan fingerprint density at radius 1 is 1.62 bits per heavy atom. The second-order valence-electron chi connectivity index (χ2n) is 5.67. The first-order valence-corrected chi connectivity index (χ1v) is 6.73. The lowest BCUT2D eigenvalue weighted by atomic mass is 9.75. The maximum absolute atomic E-state index is 13.4. The number of nitrogens with zero attached hydrogens (tertiary/aromatic N) is 2. The molecule has 2 heterocycles. The summed E-state index contributed by atoms with van der Waals surface area (Å²) in [6.07, 6.45) is -3.25. The molecule has 0 amide bonds. The maximum atomic E-state index is 13.4. The van der Waals surface area contributed by atoms with Crippen LogP contribution >= 0.6 is 0 Å². The highest BCUT2D eigenvalue weighted by molar-refractivity contribution is 5.77. The highest BCUT2D eigenvalue weighted by Gasteiger charge is 2.66. The quantitative estimate of drug-likeness (QED) is 0.891. The number of carboxylic acid groups (broad SMARTS) is 1. The number of aliphatic carboxylic acids is 1. The van der Waals surface area contributed by atoms with Gasteiger partial charge < -0.3 is 10.4 Å². The molecule has 1 fully saturated rings. The number of nitrogens with one attached hydrogen (secondary N) is 1. The molecule has 5 nitrogen and oxygen atoms in total. The van der Waals surface area contributed by atoms with Gasteiger partial charge in [-0.25, -0.2) is 0 Å². The normalized spacial score (nSPS) is 26.5. The molecule has 2 rings (SSSR count). The number of carbonyl (C=O) groups is 1. The minimum atomic E-state index is -4.80. The van der Waals surface area contributed by atoms with Gasteiger partial charge in [-0.3, -0.25) is 9.48 Å². The van der Waals surface area contributed by atoms with Gasteiger partial charge >= 0.3 is 12.1 Å². The smallest absolute Gasteiger partial charge is 0.406 e. The van der Waals surface area contributed by atoms with Crippen LogP contribution in [0.1, 0.15) is 25.6 Å². The Hall–Kier alpha value is -1.57. The van der Waals surface area contributed by atoms with Crippen molar-refractivity contribution >= 4 is 5.97 Å². The van der Waals surface area contributed by atoms with Crippen molar-refractivity contribution in [3.8, 4) is 0 Å². The molecular formula is C13H18F3N3O2. The second kappa shape index (κ2) is 5.32. The van der Waals surface area contributed by atoms with Crippen molar-refractivity contribution in [1.82, 2.24) is 15.1 Å². The van der Waals surface area contributed by atoms with Crippen LogP contribution in [0.4, 0.5) is 13.2 Å². The summed E-state index contributed by atoms with van der Waals surface area (Å²) < 4.78 is 41.7. The zero-order chi connectivity index (χ0) is 15.8. The van der Waals surface area contributed by atoms with Crippen LogP contribution in [-0.2, 0) is 11.2 Å². The summed E-state index contributed by atoms with van der Waals surface area (Å²) in [6, 6.07) is 1.65. The number of hydrogen-bond donors (Lipinski definition) is 2. The summed E-state index contributed by atoms with van der Waals surface area (Å²) in [5, 5.41) is 15.9. The van der Waals surface area contributed by atoms with E-state index in [9.17, 15) is 23.1 Å². The molecule has 0 spiro atoms. The zero-order valence-corrected chi connectivity index (χ0v) is 11.8. The Morgan fingerprint density at radius 2 is 2.29 bits per heavy atom. The van der Waals surface area contributed by atoms with E-state index >= 15 is 0 Å². The number of carboxylic acids is 1. The van der Waals surface area contributed by atoms with Gasteiger partial charge in [-0.1, -0.05) is 0 Å². The summed E-state index contributed by atoms with van der Waals surface area (Å²) in [7, 11) is 0. The maximum Gasteiger partial charge on any atom is 0.406 e. The van der Waals surface area contributed by atoms with Gasteiger partial charge in [0.15, 0.2) is 5.41 Å². The zero-order valence-electron chi connectivity index (χ0n) is 11.8. The van der Waals surface area contributed by atoms with Crippen LogP contribution in [0, 0.1) is 11.3 Å². The van der Waals surface area contributed by atoms with E-state index in [1.165, 1.54) is 6.20 Å². The molecule has 2 N–H and O–H groups in total. The van der Waals surface area contributed by atoms with E-state index < -0.39 is 30.0 Å². The topological polar surface area (TPSA) is 67.2 Å². The van der Waals surface area contributed by atoms with Crippen molar-refractivity contribution in [3.63, 3.8) is 0 Å². The Bertz CT molecular complexity index is 527. The Kier molecular flexibility index (Phi) is 4.01. The lowest BCUT2D eigenvalue weighted by Crippen LogP contribution is -2.51. The highest BCUT2D eigenvalue weighted by atomic mass is 19.4. The molecule has 0 radical (unpaired) electrons. The van der Waals surface area contributed by atoms with Crippen LogP contribution < -0.4 is 5.32 Å². The van der Waals surface area contributed by atoms with Gasteiger partial charge in [0.25, 0.3) is 0 Å². The van der Waals surface area contributed by atoms with E-state index in [1.54, 1.807) is 10.7 Å². The number of alkyl halides is 3. The number of aromatic nitrogens is 2. The van der Waals surface area contributed by atoms with E-state index in [4.69, 9.17) is 0 Å². The third kappa shape index (κ3) is 2.52. The van der Waals surface area contributed by atoms with Crippen molar-refractivity contribution in [3.05, 3.63) is 18.0 Å². The molecule has 1 aliphatic rings. The van der Waals surface area contributed by atoms with Crippen LogP contribution in [0.3, 0.4) is 0 Å². The summed E-state index contributed by atoms with van der Waals surface area (Å²) >= 11 is 0. The summed E-state index contributed by atoms with van der Waals surface area (Å²) in [4.78, 5) is 11.3. The molecular weight excluding hydrogens is 287 g/mol. The summed E-state index contributed by atoms with van der Waals surface area (Å²) in [6.45, 7) is 3.18. The molecule has 2 atom stereocenters. The van der Waals surface area contributed by atoms with Crippen LogP contribution in [0.25, 0.3) is 0 Å². The molecule has 21 heavy (non-hydrogen) atoms. The third-order valence-corrected chi connectivity index (χ3v) is 4.08. The number of halogens is 3. The fourth-order valence-corrected chi connectivity index (χ4v) is 2.93. The van der Waals surface area contributed by atoms with Gasteiger partial charge in [0, 0.05) is 30.4 Å². The van der Waals surface area contributed by atoms with Gasteiger partial charge in [0.2, 0.25) is 0 Å². The van der Waals surface area contributed by atoms with Crippen LogP contribution in [-0.4, -0.2) is 40.1 Å². The number of rotatable bonds is 4. The molecule has 0 unspecified atom stereocenters.